The third-order valence-electron chi connectivity index (χ3n) is 3.70. The van der Waals surface area contributed by atoms with Crippen LogP contribution >= 0.6 is 11.3 Å². The van der Waals surface area contributed by atoms with Gasteiger partial charge < -0.3 is 15.4 Å². The average molecular weight is 371 g/mol. The number of carbonyl (C=O) groups excluding carboxylic acids is 1. The van der Waals surface area contributed by atoms with E-state index < -0.39 is 5.82 Å². The zero-order valence-corrected chi connectivity index (χ0v) is 15.4. The lowest BCUT2D eigenvalue weighted by molar-refractivity contribution is 0.102. The van der Waals surface area contributed by atoms with Gasteiger partial charge in [-0.1, -0.05) is 23.5 Å². The molecule has 3 aromatic rings. The van der Waals surface area contributed by atoms with Crippen molar-refractivity contribution in [3.8, 4) is 5.75 Å². The number of amides is 1. The number of anilines is 3. The Bertz CT molecular complexity index is 956. The summed E-state index contributed by atoms with van der Waals surface area (Å²) in [6.45, 7) is 3.53. The molecular weight excluding hydrogens is 353 g/mol. The molecule has 0 aliphatic heterocycles. The largest absolute Gasteiger partial charge is 0.497 e. The van der Waals surface area contributed by atoms with E-state index in [9.17, 15) is 9.18 Å². The standard InChI is InChI=1S/C19H18FN3O2S/c1-11-7-8-16(15(20)9-11)23-18(24)17-12(2)21-19(26-17)22-13-5-4-6-14(10-13)25-3/h4-10H,1-3H3,(H,21,22)(H,23,24). The van der Waals surface area contributed by atoms with Crippen LogP contribution in [0.4, 0.5) is 20.9 Å². The van der Waals surface area contributed by atoms with Crippen molar-refractivity contribution >= 4 is 33.8 Å². The predicted molar refractivity (Wildman–Crippen MR) is 102 cm³/mol. The minimum absolute atomic E-state index is 0.149. The van der Waals surface area contributed by atoms with Gasteiger partial charge in [-0.15, -0.1) is 0 Å². The number of nitrogens with zero attached hydrogens (tertiary/aromatic N) is 1. The van der Waals surface area contributed by atoms with Crippen molar-refractivity contribution in [2.45, 2.75) is 13.8 Å². The molecule has 0 atom stereocenters. The van der Waals surface area contributed by atoms with Gasteiger partial charge in [0.1, 0.15) is 16.4 Å². The summed E-state index contributed by atoms with van der Waals surface area (Å²) in [6, 6.07) is 12.1. The minimum atomic E-state index is -0.463. The summed E-state index contributed by atoms with van der Waals surface area (Å²) >= 11 is 1.21. The molecule has 1 aromatic heterocycles. The molecule has 0 spiro atoms. The molecule has 26 heavy (non-hydrogen) atoms. The van der Waals surface area contributed by atoms with E-state index in [0.29, 0.717) is 15.7 Å². The number of halogens is 1. The van der Waals surface area contributed by atoms with Crippen molar-refractivity contribution in [1.82, 2.24) is 4.98 Å². The molecule has 0 saturated carbocycles. The van der Waals surface area contributed by atoms with Crippen LogP contribution in [0.5, 0.6) is 5.75 Å². The Morgan fingerprint density at radius 3 is 2.73 bits per heavy atom. The first-order valence-electron chi connectivity index (χ1n) is 7.92. The second-order valence-electron chi connectivity index (χ2n) is 5.73. The fraction of sp³-hybridized carbons (Fsp3) is 0.158. The van der Waals surface area contributed by atoms with Gasteiger partial charge >= 0.3 is 0 Å². The number of ether oxygens (including phenoxy) is 1. The van der Waals surface area contributed by atoms with Gasteiger partial charge in [0.05, 0.1) is 18.5 Å². The van der Waals surface area contributed by atoms with Crippen LogP contribution < -0.4 is 15.4 Å². The SMILES string of the molecule is COc1cccc(Nc2nc(C)c(C(=O)Nc3ccc(C)cc3F)s2)c1. The third kappa shape index (κ3) is 4.00. The summed E-state index contributed by atoms with van der Waals surface area (Å²) < 4.78 is 19.1. The number of benzene rings is 2. The van der Waals surface area contributed by atoms with Crippen LogP contribution in [0.3, 0.4) is 0 Å². The van der Waals surface area contributed by atoms with E-state index in [1.54, 1.807) is 33.1 Å². The number of thiazole rings is 1. The summed E-state index contributed by atoms with van der Waals surface area (Å²) in [4.78, 5) is 17.3. The molecule has 2 aromatic carbocycles. The molecule has 0 saturated heterocycles. The van der Waals surface area contributed by atoms with E-state index in [1.807, 2.05) is 24.3 Å². The minimum Gasteiger partial charge on any atom is -0.497 e. The predicted octanol–water partition coefficient (Wildman–Crippen LogP) is 4.90. The molecule has 0 bridgehead atoms. The molecule has 0 aliphatic rings. The Morgan fingerprint density at radius 2 is 2.00 bits per heavy atom. The Morgan fingerprint density at radius 1 is 1.19 bits per heavy atom. The first kappa shape index (κ1) is 17.9. The van der Waals surface area contributed by atoms with E-state index in [4.69, 9.17) is 4.74 Å². The zero-order chi connectivity index (χ0) is 18.7. The van der Waals surface area contributed by atoms with Gasteiger partial charge in [-0.05, 0) is 43.7 Å². The van der Waals surface area contributed by atoms with Gasteiger partial charge in [0.15, 0.2) is 5.13 Å². The molecule has 0 fully saturated rings. The molecule has 134 valence electrons. The Hall–Kier alpha value is -2.93. The lowest BCUT2D eigenvalue weighted by Gasteiger charge is -2.06. The number of hydrogen-bond donors (Lipinski definition) is 2. The normalized spacial score (nSPS) is 10.5. The number of hydrogen-bond acceptors (Lipinski definition) is 5. The van der Waals surface area contributed by atoms with Crippen LogP contribution in [-0.2, 0) is 0 Å². The fourth-order valence-electron chi connectivity index (χ4n) is 2.39. The van der Waals surface area contributed by atoms with Gasteiger partial charge in [-0.3, -0.25) is 4.79 Å². The summed E-state index contributed by atoms with van der Waals surface area (Å²) in [5.74, 6) is -0.132. The van der Waals surface area contributed by atoms with Gasteiger partial charge in [0.2, 0.25) is 0 Å². The quantitative estimate of drug-likeness (QED) is 0.669. The van der Waals surface area contributed by atoms with Crippen molar-refractivity contribution in [1.29, 1.82) is 0 Å². The molecule has 1 heterocycles. The summed E-state index contributed by atoms with van der Waals surface area (Å²) in [5.41, 5.74) is 2.31. The molecule has 1 amide bonds. The zero-order valence-electron chi connectivity index (χ0n) is 14.6. The molecule has 3 rings (SSSR count). The Kier molecular flexibility index (Phi) is 5.18. The molecule has 5 nitrogen and oxygen atoms in total. The van der Waals surface area contributed by atoms with Crippen LogP contribution in [0, 0.1) is 19.7 Å². The number of carbonyl (C=O) groups is 1. The summed E-state index contributed by atoms with van der Waals surface area (Å²) in [7, 11) is 1.60. The van der Waals surface area contributed by atoms with Gasteiger partial charge in [-0.2, -0.15) is 0 Å². The van der Waals surface area contributed by atoms with E-state index in [0.717, 1.165) is 17.0 Å². The van der Waals surface area contributed by atoms with Crippen LogP contribution in [0.25, 0.3) is 0 Å². The lowest BCUT2D eigenvalue weighted by Crippen LogP contribution is -2.12. The van der Waals surface area contributed by atoms with E-state index in [1.165, 1.54) is 17.4 Å². The highest BCUT2D eigenvalue weighted by Crippen LogP contribution is 2.28. The van der Waals surface area contributed by atoms with Crippen molar-refractivity contribution in [2.24, 2.45) is 0 Å². The smallest absolute Gasteiger partial charge is 0.267 e. The number of methoxy groups -OCH3 is 1. The number of rotatable bonds is 5. The average Bonchev–Trinajstić information content (AvgIpc) is 2.98. The highest BCUT2D eigenvalue weighted by Gasteiger charge is 2.17. The maximum Gasteiger partial charge on any atom is 0.267 e. The number of aryl methyl sites for hydroxylation is 2. The maximum atomic E-state index is 13.9. The van der Waals surface area contributed by atoms with Crippen molar-refractivity contribution in [2.75, 3.05) is 17.7 Å². The molecule has 0 aliphatic carbocycles. The second-order valence-corrected chi connectivity index (χ2v) is 6.73. The van der Waals surface area contributed by atoms with Crippen LogP contribution in [-0.4, -0.2) is 18.0 Å². The van der Waals surface area contributed by atoms with Crippen LogP contribution in [0.15, 0.2) is 42.5 Å². The number of aromatic nitrogens is 1. The van der Waals surface area contributed by atoms with Gasteiger partial charge in [0, 0.05) is 11.8 Å². The van der Waals surface area contributed by atoms with E-state index in [2.05, 4.69) is 15.6 Å². The van der Waals surface area contributed by atoms with E-state index in [-0.39, 0.29) is 11.6 Å². The van der Waals surface area contributed by atoms with Crippen molar-refractivity contribution < 1.29 is 13.9 Å². The first-order valence-corrected chi connectivity index (χ1v) is 8.74. The highest BCUT2D eigenvalue weighted by atomic mass is 32.1. The Labute approximate surface area is 154 Å². The van der Waals surface area contributed by atoms with Crippen LogP contribution in [0.1, 0.15) is 20.9 Å². The topological polar surface area (TPSA) is 63.2 Å². The molecule has 0 unspecified atom stereocenters. The van der Waals surface area contributed by atoms with Crippen molar-refractivity contribution in [3.05, 3.63) is 64.4 Å². The molecule has 2 N–H and O–H groups in total. The maximum absolute atomic E-state index is 13.9. The monoisotopic (exact) mass is 371 g/mol. The van der Waals surface area contributed by atoms with Gasteiger partial charge in [0.25, 0.3) is 5.91 Å². The number of nitrogens with one attached hydrogen (secondary N) is 2. The first-order chi connectivity index (χ1) is 12.5. The van der Waals surface area contributed by atoms with Gasteiger partial charge in [-0.25, -0.2) is 9.37 Å². The molecular formula is C19H18FN3O2S. The second kappa shape index (κ2) is 7.53. The lowest BCUT2D eigenvalue weighted by atomic mass is 10.2. The summed E-state index contributed by atoms with van der Waals surface area (Å²) in [5, 5.41) is 6.32. The molecule has 7 heteroatoms. The third-order valence-corrected chi connectivity index (χ3v) is 4.77. The van der Waals surface area contributed by atoms with Crippen LogP contribution in [0.2, 0.25) is 0 Å². The highest BCUT2D eigenvalue weighted by molar-refractivity contribution is 7.17. The summed E-state index contributed by atoms with van der Waals surface area (Å²) in [6.07, 6.45) is 0. The molecule has 0 radical (unpaired) electrons. The van der Waals surface area contributed by atoms with E-state index >= 15 is 0 Å². The fourth-order valence-corrected chi connectivity index (χ4v) is 3.27. The Balaban J connectivity index is 1.77. The van der Waals surface area contributed by atoms with Crippen molar-refractivity contribution in [3.63, 3.8) is 0 Å².